The number of nitrogens with one attached hydrogen (secondary N) is 1. The van der Waals surface area contributed by atoms with Crippen LogP contribution in [0.2, 0.25) is 0 Å². The SMILES string of the molecule is CCCC(CCC)C(=O)N1c2ccccc2CC1C(=O)NCC. The Morgan fingerprint density at radius 2 is 1.83 bits per heavy atom. The Morgan fingerprint density at radius 3 is 2.43 bits per heavy atom. The highest BCUT2D eigenvalue weighted by molar-refractivity contribution is 6.04. The Hall–Kier alpha value is -1.84. The van der Waals surface area contributed by atoms with Gasteiger partial charge in [0.25, 0.3) is 0 Å². The van der Waals surface area contributed by atoms with Gasteiger partial charge in [-0.3, -0.25) is 14.5 Å². The standard InChI is InChI=1S/C19H28N2O2/c1-4-9-14(10-5-2)19(23)21-16-12-8-7-11-15(16)13-17(21)18(22)20-6-3/h7-8,11-12,14,17H,4-6,9-10,13H2,1-3H3,(H,20,22). The quantitative estimate of drug-likeness (QED) is 0.839. The number of para-hydroxylation sites is 1. The largest absolute Gasteiger partial charge is 0.355 e. The van der Waals surface area contributed by atoms with Crippen LogP contribution in [0.1, 0.15) is 52.0 Å². The van der Waals surface area contributed by atoms with Crippen LogP contribution in [0.3, 0.4) is 0 Å². The summed E-state index contributed by atoms with van der Waals surface area (Å²) in [6, 6.07) is 7.48. The third-order valence-electron chi connectivity index (χ3n) is 4.49. The highest BCUT2D eigenvalue weighted by atomic mass is 16.2. The number of rotatable bonds is 7. The van der Waals surface area contributed by atoms with Crippen molar-refractivity contribution in [1.29, 1.82) is 0 Å². The number of nitrogens with zero attached hydrogens (tertiary/aromatic N) is 1. The second-order valence-electron chi connectivity index (χ2n) is 6.23. The molecule has 0 spiro atoms. The number of benzene rings is 1. The Bertz CT molecular complexity index is 550. The molecular weight excluding hydrogens is 288 g/mol. The van der Waals surface area contributed by atoms with E-state index in [0.29, 0.717) is 13.0 Å². The molecule has 1 aromatic rings. The predicted octanol–water partition coefficient (Wildman–Crippen LogP) is 3.30. The summed E-state index contributed by atoms with van der Waals surface area (Å²) in [5, 5.41) is 2.88. The zero-order valence-corrected chi connectivity index (χ0v) is 14.5. The van der Waals surface area contributed by atoms with Crippen LogP contribution in [0, 0.1) is 5.92 Å². The molecule has 0 aromatic heterocycles. The first kappa shape index (κ1) is 17.5. The van der Waals surface area contributed by atoms with Crippen molar-refractivity contribution in [3.05, 3.63) is 29.8 Å². The molecule has 0 bridgehead atoms. The average Bonchev–Trinajstić information content (AvgIpc) is 2.94. The van der Waals surface area contributed by atoms with Crippen molar-refractivity contribution in [2.45, 2.75) is 58.9 Å². The van der Waals surface area contributed by atoms with Gasteiger partial charge < -0.3 is 5.32 Å². The molecule has 126 valence electrons. The van der Waals surface area contributed by atoms with Crippen LogP contribution in [0.15, 0.2) is 24.3 Å². The zero-order valence-electron chi connectivity index (χ0n) is 14.5. The van der Waals surface area contributed by atoms with Crippen LogP contribution in [0.5, 0.6) is 0 Å². The van der Waals surface area contributed by atoms with E-state index in [-0.39, 0.29) is 17.7 Å². The Labute approximate surface area is 139 Å². The van der Waals surface area contributed by atoms with E-state index in [2.05, 4.69) is 19.2 Å². The summed E-state index contributed by atoms with van der Waals surface area (Å²) >= 11 is 0. The number of anilines is 1. The smallest absolute Gasteiger partial charge is 0.243 e. The normalized spacial score (nSPS) is 16.5. The monoisotopic (exact) mass is 316 g/mol. The second-order valence-corrected chi connectivity index (χ2v) is 6.23. The summed E-state index contributed by atoms with van der Waals surface area (Å²) in [6.45, 7) is 6.70. The Kier molecular flexibility index (Phi) is 6.20. The minimum Gasteiger partial charge on any atom is -0.355 e. The first-order valence-corrected chi connectivity index (χ1v) is 8.82. The highest BCUT2D eigenvalue weighted by Gasteiger charge is 2.39. The number of fused-ring (bicyclic) bond motifs is 1. The molecule has 1 unspecified atom stereocenters. The molecule has 23 heavy (non-hydrogen) atoms. The van der Waals surface area contributed by atoms with E-state index < -0.39 is 6.04 Å². The molecule has 0 aliphatic carbocycles. The van der Waals surface area contributed by atoms with E-state index in [0.717, 1.165) is 36.9 Å². The first-order valence-electron chi connectivity index (χ1n) is 8.82. The molecule has 4 heteroatoms. The van der Waals surface area contributed by atoms with Crippen LogP contribution in [-0.2, 0) is 16.0 Å². The van der Waals surface area contributed by atoms with E-state index in [1.165, 1.54) is 0 Å². The number of carbonyl (C=O) groups excluding carboxylic acids is 2. The van der Waals surface area contributed by atoms with Crippen LogP contribution in [0.25, 0.3) is 0 Å². The van der Waals surface area contributed by atoms with Crippen molar-refractivity contribution >= 4 is 17.5 Å². The number of hydrogen-bond donors (Lipinski definition) is 1. The fourth-order valence-electron chi connectivity index (χ4n) is 3.45. The summed E-state index contributed by atoms with van der Waals surface area (Å²) in [6.07, 6.45) is 4.34. The molecular formula is C19H28N2O2. The summed E-state index contributed by atoms with van der Waals surface area (Å²) < 4.78 is 0. The lowest BCUT2D eigenvalue weighted by Gasteiger charge is -2.28. The second kappa shape index (κ2) is 8.14. The summed E-state index contributed by atoms with van der Waals surface area (Å²) in [5.41, 5.74) is 2.00. The lowest BCUT2D eigenvalue weighted by Crippen LogP contribution is -2.49. The first-order chi connectivity index (χ1) is 11.1. The van der Waals surface area contributed by atoms with Crippen molar-refractivity contribution < 1.29 is 9.59 Å². The van der Waals surface area contributed by atoms with Gasteiger partial charge in [-0.25, -0.2) is 0 Å². The minimum atomic E-state index is -0.406. The van der Waals surface area contributed by atoms with Gasteiger partial charge in [-0.1, -0.05) is 44.9 Å². The topological polar surface area (TPSA) is 49.4 Å². The van der Waals surface area contributed by atoms with Gasteiger partial charge in [-0.05, 0) is 31.4 Å². The van der Waals surface area contributed by atoms with Crippen molar-refractivity contribution in [2.75, 3.05) is 11.4 Å². The molecule has 0 fully saturated rings. The number of hydrogen-bond acceptors (Lipinski definition) is 2. The number of carbonyl (C=O) groups is 2. The van der Waals surface area contributed by atoms with E-state index in [9.17, 15) is 9.59 Å². The average molecular weight is 316 g/mol. The molecule has 1 aliphatic rings. The van der Waals surface area contributed by atoms with Crippen LogP contribution in [0.4, 0.5) is 5.69 Å². The van der Waals surface area contributed by atoms with Gasteiger partial charge in [0.1, 0.15) is 6.04 Å². The molecule has 0 saturated heterocycles. The van der Waals surface area contributed by atoms with Crippen molar-refractivity contribution in [3.63, 3.8) is 0 Å². The van der Waals surface area contributed by atoms with Gasteiger partial charge in [0.2, 0.25) is 11.8 Å². The molecule has 4 nitrogen and oxygen atoms in total. The predicted molar refractivity (Wildman–Crippen MR) is 93.4 cm³/mol. The highest BCUT2D eigenvalue weighted by Crippen LogP contribution is 2.34. The van der Waals surface area contributed by atoms with Crippen molar-refractivity contribution in [3.8, 4) is 0 Å². The lowest BCUT2D eigenvalue weighted by atomic mass is 9.96. The molecule has 1 atom stereocenters. The molecule has 1 N–H and O–H groups in total. The lowest BCUT2D eigenvalue weighted by molar-refractivity contribution is -0.128. The number of amides is 2. The zero-order chi connectivity index (χ0) is 16.8. The van der Waals surface area contributed by atoms with Gasteiger partial charge in [-0.15, -0.1) is 0 Å². The summed E-state index contributed by atoms with van der Waals surface area (Å²) in [7, 11) is 0. The van der Waals surface area contributed by atoms with Crippen molar-refractivity contribution in [2.24, 2.45) is 5.92 Å². The van der Waals surface area contributed by atoms with Crippen LogP contribution < -0.4 is 10.2 Å². The van der Waals surface area contributed by atoms with E-state index in [1.807, 2.05) is 31.2 Å². The fraction of sp³-hybridized carbons (Fsp3) is 0.579. The molecule has 1 heterocycles. The Balaban J connectivity index is 2.32. The van der Waals surface area contributed by atoms with E-state index in [1.54, 1.807) is 4.90 Å². The molecule has 2 rings (SSSR count). The summed E-state index contributed by atoms with van der Waals surface area (Å²) in [4.78, 5) is 27.4. The third kappa shape index (κ3) is 3.74. The van der Waals surface area contributed by atoms with Crippen LogP contribution in [-0.4, -0.2) is 24.4 Å². The van der Waals surface area contributed by atoms with Crippen LogP contribution >= 0.6 is 0 Å². The molecule has 1 aliphatic heterocycles. The summed E-state index contributed by atoms with van der Waals surface area (Å²) in [5.74, 6) is 0.0618. The maximum atomic E-state index is 13.2. The molecule has 0 radical (unpaired) electrons. The third-order valence-corrected chi connectivity index (χ3v) is 4.49. The molecule has 0 saturated carbocycles. The maximum absolute atomic E-state index is 13.2. The molecule has 1 aromatic carbocycles. The number of likely N-dealkylation sites (N-methyl/N-ethyl adjacent to an activating group) is 1. The van der Waals surface area contributed by atoms with Gasteiger partial charge >= 0.3 is 0 Å². The van der Waals surface area contributed by atoms with Gasteiger partial charge in [-0.2, -0.15) is 0 Å². The van der Waals surface area contributed by atoms with Gasteiger partial charge in [0.05, 0.1) is 0 Å². The van der Waals surface area contributed by atoms with Crippen molar-refractivity contribution in [1.82, 2.24) is 5.32 Å². The minimum absolute atomic E-state index is 0.00748. The van der Waals surface area contributed by atoms with E-state index >= 15 is 0 Å². The van der Waals surface area contributed by atoms with Gasteiger partial charge in [0, 0.05) is 24.6 Å². The van der Waals surface area contributed by atoms with Gasteiger partial charge in [0.15, 0.2) is 0 Å². The fourth-order valence-corrected chi connectivity index (χ4v) is 3.45. The van der Waals surface area contributed by atoms with E-state index in [4.69, 9.17) is 0 Å². The Morgan fingerprint density at radius 1 is 1.17 bits per heavy atom. The maximum Gasteiger partial charge on any atom is 0.243 e. The molecule has 2 amide bonds.